The van der Waals surface area contributed by atoms with Gasteiger partial charge in [0.05, 0.1) is 0 Å². The molecule has 1 heterocycles. The molecule has 1 fully saturated rings. The van der Waals surface area contributed by atoms with E-state index >= 15 is 0 Å². The number of carbonyl (C=O) groups excluding carboxylic acids is 1. The molecule has 0 bridgehead atoms. The molecule has 0 saturated carbocycles. The van der Waals surface area contributed by atoms with Crippen LogP contribution in [0.4, 0.5) is 10.1 Å². The highest BCUT2D eigenvalue weighted by atomic mass is 32.1. The summed E-state index contributed by atoms with van der Waals surface area (Å²) in [6.07, 6.45) is 1.60. The SMILES string of the molecule is Cc1ccc(NC(=S)N2CCC(NC(=O)c3cccc(F)c3)CC2)cc1C. The van der Waals surface area contributed by atoms with E-state index in [2.05, 4.69) is 41.5 Å². The van der Waals surface area contributed by atoms with Crippen molar-refractivity contribution < 1.29 is 9.18 Å². The maximum Gasteiger partial charge on any atom is 0.251 e. The van der Waals surface area contributed by atoms with Gasteiger partial charge in [-0.05, 0) is 80.4 Å². The van der Waals surface area contributed by atoms with Crippen LogP contribution in [-0.2, 0) is 0 Å². The van der Waals surface area contributed by atoms with Gasteiger partial charge in [-0.15, -0.1) is 0 Å². The molecule has 2 aromatic carbocycles. The topological polar surface area (TPSA) is 44.4 Å². The Morgan fingerprint density at radius 3 is 2.52 bits per heavy atom. The molecule has 2 N–H and O–H groups in total. The maximum atomic E-state index is 13.3. The zero-order valence-corrected chi connectivity index (χ0v) is 16.4. The summed E-state index contributed by atoms with van der Waals surface area (Å²) < 4.78 is 13.3. The van der Waals surface area contributed by atoms with E-state index in [0.717, 1.165) is 31.6 Å². The molecule has 1 amide bonds. The average Bonchev–Trinajstić information content (AvgIpc) is 2.65. The van der Waals surface area contributed by atoms with Crippen molar-refractivity contribution in [3.8, 4) is 0 Å². The summed E-state index contributed by atoms with van der Waals surface area (Å²) in [7, 11) is 0. The molecule has 0 aromatic heterocycles. The summed E-state index contributed by atoms with van der Waals surface area (Å²) in [5.74, 6) is -0.635. The minimum Gasteiger partial charge on any atom is -0.349 e. The lowest BCUT2D eigenvalue weighted by molar-refractivity contribution is 0.0922. The smallest absolute Gasteiger partial charge is 0.251 e. The summed E-state index contributed by atoms with van der Waals surface area (Å²) in [5, 5.41) is 6.99. The van der Waals surface area contributed by atoms with Crippen molar-refractivity contribution in [1.82, 2.24) is 10.2 Å². The molecule has 27 heavy (non-hydrogen) atoms. The third-order valence-electron chi connectivity index (χ3n) is 4.96. The number of halogens is 1. The number of rotatable bonds is 3. The number of likely N-dealkylation sites (tertiary alicyclic amines) is 1. The molecule has 0 spiro atoms. The minimum absolute atomic E-state index is 0.0708. The van der Waals surface area contributed by atoms with Crippen LogP contribution in [0, 0.1) is 19.7 Å². The molecule has 1 aliphatic heterocycles. The van der Waals surface area contributed by atoms with Gasteiger partial charge < -0.3 is 15.5 Å². The van der Waals surface area contributed by atoms with Gasteiger partial charge in [0.25, 0.3) is 5.91 Å². The number of aryl methyl sites for hydroxylation is 2. The number of nitrogens with one attached hydrogen (secondary N) is 2. The zero-order chi connectivity index (χ0) is 19.4. The Morgan fingerprint density at radius 2 is 1.85 bits per heavy atom. The number of anilines is 1. The largest absolute Gasteiger partial charge is 0.349 e. The fraction of sp³-hybridized carbons (Fsp3) is 0.333. The average molecular weight is 386 g/mol. The number of carbonyl (C=O) groups is 1. The molecule has 1 aliphatic rings. The Kier molecular flexibility index (Phi) is 6.06. The first kappa shape index (κ1) is 19.3. The third-order valence-corrected chi connectivity index (χ3v) is 5.32. The standard InChI is InChI=1S/C21H24FN3OS/c1-14-6-7-19(12-15(14)2)24-21(27)25-10-8-18(9-11-25)23-20(26)16-4-3-5-17(22)13-16/h3-7,12-13,18H,8-11H2,1-2H3,(H,23,26)(H,24,27). The quantitative estimate of drug-likeness (QED) is 0.783. The fourth-order valence-corrected chi connectivity index (χ4v) is 3.45. The number of thiocarbonyl (C=S) groups is 1. The van der Waals surface area contributed by atoms with Crippen LogP contribution in [0.15, 0.2) is 42.5 Å². The fourth-order valence-electron chi connectivity index (χ4n) is 3.15. The normalized spacial score (nSPS) is 14.7. The van der Waals surface area contributed by atoms with Crippen molar-refractivity contribution in [2.75, 3.05) is 18.4 Å². The number of nitrogens with zero attached hydrogens (tertiary/aromatic N) is 1. The Hall–Kier alpha value is -2.47. The molecule has 0 radical (unpaired) electrons. The first-order valence-electron chi connectivity index (χ1n) is 9.12. The Balaban J connectivity index is 1.50. The van der Waals surface area contributed by atoms with E-state index in [4.69, 9.17) is 12.2 Å². The lowest BCUT2D eigenvalue weighted by Gasteiger charge is -2.34. The summed E-state index contributed by atoms with van der Waals surface area (Å²) in [4.78, 5) is 14.4. The monoisotopic (exact) mass is 385 g/mol. The van der Waals surface area contributed by atoms with E-state index in [0.29, 0.717) is 10.7 Å². The highest BCUT2D eigenvalue weighted by molar-refractivity contribution is 7.80. The first-order chi connectivity index (χ1) is 12.9. The zero-order valence-electron chi connectivity index (χ0n) is 15.6. The highest BCUT2D eigenvalue weighted by Gasteiger charge is 2.22. The highest BCUT2D eigenvalue weighted by Crippen LogP contribution is 2.17. The van der Waals surface area contributed by atoms with E-state index in [1.807, 2.05) is 6.07 Å². The van der Waals surface area contributed by atoms with Gasteiger partial charge in [0, 0.05) is 30.4 Å². The van der Waals surface area contributed by atoms with E-state index in [1.54, 1.807) is 12.1 Å². The lowest BCUT2D eigenvalue weighted by Crippen LogP contribution is -2.47. The predicted octanol–water partition coefficient (Wildman–Crippen LogP) is 4.03. The molecule has 0 aliphatic carbocycles. The van der Waals surface area contributed by atoms with Crippen molar-refractivity contribution in [2.24, 2.45) is 0 Å². The molecule has 4 nitrogen and oxygen atoms in total. The predicted molar refractivity (Wildman–Crippen MR) is 111 cm³/mol. The van der Waals surface area contributed by atoms with Gasteiger partial charge >= 0.3 is 0 Å². The number of hydrogen-bond acceptors (Lipinski definition) is 2. The summed E-state index contributed by atoms with van der Waals surface area (Å²) >= 11 is 5.54. The van der Waals surface area contributed by atoms with E-state index in [9.17, 15) is 9.18 Å². The van der Waals surface area contributed by atoms with Crippen molar-refractivity contribution in [1.29, 1.82) is 0 Å². The summed E-state index contributed by atoms with van der Waals surface area (Å²) in [5.41, 5.74) is 3.82. The molecule has 0 unspecified atom stereocenters. The molecular weight excluding hydrogens is 361 g/mol. The van der Waals surface area contributed by atoms with E-state index in [-0.39, 0.29) is 11.9 Å². The Morgan fingerprint density at radius 1 is 1.11 bits per heavy atom. The van der Waals surface area contributed by atoms with Crippen molar-refractivity contribution in [3.05, 3.63) is 65.0 Å². The molecule has 2 aromatic rings. The Labute approximate surface area is 164 Å². The second-order valence-electron chi connectivity index (χ2n) is 6.97. The van der Waals surface area contributed by atoms with Crippen LogP contribution in [0.5, 0.6) is 0 Å². The second-order valence-corrected chi connectivity index (χ2v) is 7.36. The summed E-state index contributed by atoms with van der Waals surface area (Å²) in [6.45, 7) is 5.70. The van der Waals surface area contributed by atoms with Crippen LogP contribution < -0.4 is 10.6 Å². The van der Waals surface area contributed by atoms with E-state index in [1.165, 1.54) is 23.3 Å². The molecule has 6 heteroatoms. The first-order valence-corrected chi connectivity index (χ1v) is 9.53. The van der Waals surface area contributed by atoms with Crippen LogP contribution in [-0.4, -0.2) is 35.1 Å². The molecule has 1 saturated heterocycles. The van der Waals surface area contributed by atoms with Crippen LogP contribution in [0.2, 0.25) is 0 Å². The third kappa shape index (κ3) is 5.04. The van der Waals surface area contributed by atoms with Crippen LogP contribution in [0.3, 0.4) is 0 Å². The molecule has 142 valence electrons. The maximum absolute atomic E-state index is 13.3. The van der Waals surface area contributed by atoms with Gasteiger partial charge in [-0.1, -0.05) is 12.1 Å². The lowest BCUT2D eigenvalue weighted by atomic mass is 10.0. The second kappa shape index (κ2) is 8.48. The van der Waals surface area contributed by atoms with Gasteiger partial charge in [0.15, 0.2) is 5.11 Å². The minimum atomic E-state index is -0.403. The van der Waals surface area contributed by atoms with Crippen LogP contribution in [0.1, 0.15) is 34.3 Å². The number of hydrogen-bond donors (Lipinski definition) is 2. The summed E-state index contributed by atoms with van der Waals surface area (Å²) in [6, 6.07) is 12.0. The van der Waals surface area contributed by atoms with Gasteiger partial charge in [-0.3, -0.25) is 4.79 Å². The molecular formula is C21H24FN3OS. The van der Waals surface area contributed by atoms with Gasteiger partial charge in [-0.2, -0.15) is 0 Å². The number of benzene rings is 2. The van der Waals surface area contributed by atoms with Crippen molar-refractivity contribution in [3.63, 3.8) is 0 Å². The molecule has 3 rings (SSSR count). The van der Waals surface area contributed by atoms with Gasteiger partial charge in [-0.25, -0.2) is 4.39 Å². The van der Waals surface area contributed by atoms with Gasteiger partial charge in [0.2, 0.25) is 0 Å². The molecule has 0 atom stereocenters. The number of amides is 1. The van der Waals surface area contributed by atoms with Crippen LogP contribution >= 0.6 is 12.2 Å². The number of piperidine rings is 1. The Bertz CT molecular complexity index is 847. The van der Waals surface area contributed by atoms with E-state index < -0.39 is 5.82 Å². The van der Waals surface area contributed by atoms with Crippen molar-refractivity contribution >= 4 is 28.9 Å². The van der Waals surface area contributed by atoms with Crippen molar-refractivity contribution in [2.45, 2.75) is 32.7 Å². The van der Waals surface area contributed by atoms with Gasteiger partial charge in [0.1, 0.15) is 5.82 Å². The van der Waals surface area contributed by atoms with Crippen LogP contribution in [0.25, 0.3) is 0 Å².